The fourth-order valence-corrected chi connectivity index (χ4v) is 7.86. The van der Waals surface area contributed by atoms with E-state index in [-0.39, 0.29) is 23.3 Å². The summed E-state index contributed by atoms with van der Waals surface area (Å²) in [6.07, 6.45) is 0. The summed E-state index contributed by atoms with van der Waals surface area (Å²) in [5.41, 5.74) is 1.51. The molecule has 1 aromatic heterocycles. The number of nitrogens with one attached hydrogen (secondary N) is 2. The Balaban J connectivity index is 1.30. The Kier molecular flexibility index (Phi) is 8.15. The molecule has 1 saturated heterocycles. The van der Waals surface area contributed by atoms with Crippen molar-refractivity contribution in [1.29, 1.82) is 0 Å². The number of halogens is 1. The molecule has 3 heterocycles. The van der Waals surface area contributed by atoms with E-state index in [0.717, 1.165) is 11.3 Å². The van der Waals surface area contributed by atoms with Gasteiger partial charge < -0.3 is 24.5 Å². The number of fused-ring (bicyclic) bond motifs is 2. The molecule has 226 valence electrons. The van der Waals surface area contributed by atoms with Crippen LogP contribution in [0.1, 0.15) is 23.3 Å². The zero-order chi connectivity index (χ0) is 31.0. The number of aromatic nitrogens is 1. The molecule has 10 nitrogen and oxygen atoms in total. The highest BCUT2D eigenvalue weighted by molar-refractivity contribution is 8.00. The van der Waals surface area contributed by atoms with E-state index in [0.29, 0.717) is 50.7 Å². The van der Waals surface area contributed by atoms with Gasteiger partial charge in [-0.15, -0.1) is 0 Å². The van der Waals surface area contributed by atoms with Crippen molar-refractivity contribution in [3.05, 3.63) is 92.7 Å². The molecule has 6 rings (SSSR count). The number of thiazole rings is 1. The van der Waals surface area contributed by atoms with Gasteiger partial charge in [0.15, 0.2) is 18.1 Å². The van der Waals surface area contributed by atoms with Gasteiger partial charge in [0, 0.05) is 16.5 Å². The number of methoxy groups -OCH3 is 1. The molecule has 2 N–H and O–H groups in total. The average molecular weight is 636 g/mol. The standard InChI is InChI=1S/C31H26FN3O7S2/c1-3-41-22-14-16(4-13-21(22)42-15-23(36)33-18-7-5-17(32)6-8-18)24-25-27(43-28-26(24)44-31(39)34-28)30(38)35(29(25)37)19-9-11-20(40-2)12-10-19/h4-14,24-25,27H,3,15H2,1-2H3,(H,33,36)(H,34,39). The largest absolute Gasteiger partial charge is 0.497 e. The van der Waals surface area contributed by atoms with Crippen LogP contribution in [-0.2, 0) is 14.4 Å². The number of anilines is 2. The second kappa shape index (κ2) is 12.2. The van der Waals surface area contributed by atoms with Crippen LogP contribution in [0.25, 0.3) is 0 Å². The summed E-state index contributed by atoms with van der Waals surface area (Å²) in [5, 5.41) is 2.44. The minimum atomic E-state index is -0.781. The van der Waals surface area contributed by atoms with Gasteiger partial charge in [-0.25, -0.2) is 9.29 Å². The minimum absolute atomic E-state index is 0.281. The van der Waals surface area contributed by atoms with Gasteiger partial charge in [-0.3, -0.25) is 19.2 Å². The Hall–Kier alpha value is -4.62. The molecule has 0 bridgehead atoms. The monoisotopic (exact) mass is 635 g/mol. The maximum absolute atomic E-state index is 14.0. The van der Waals surface area contributed by atoms with Gasteiger partial charge >= 0.3 is 4.87 Å². The SMILES string of the molecule is CCOc1cc(C2c3sc(=O)[nH]c3SC3C(=O)N(c4ccc(OC)cc4)C(=O)C32)ccc1OCC(=O)Nc1ccc(F)cc1. The fourth-order valence-electron chi connectivity index (χ4n) is 5.34. The molecule has 0 aliphatic carbocycles. The van der Waals surface area contributed by atoms with Crippen molar-refractivity contribution in [2.45, 2.75) is 23.1 Å². The number of hydrogen-bond acceptors (Lipinski definition) is 9. The Labute approximate surface area is 259 Å². The number of hydrogen-bond donors (Lipinski definition) is 2. The third-order valence-corrected chi connectivity index (χ3v) is 9.67. The predicted molar refractivity (Wildman–Crippen MR) is 164 cm³/mol. The third kappa shape index (κ3) is 5.55. The lowest BCUT2D eigenvalue weighted by Crippen LogP contribution is -2.32. The molecule has 13 heteroatoms. The van der Waals surface area contributed by atoms with Crippen molar-refractivity contribution in [1.82, 2.24) is 4.98 Å². The molecule has 0 saturated carbocycles. The van der Waals surface area contributed by atoms with Crippen molar-refractivity contribution < 1.29 is 33.0 Å². The molecule has 4 aromatic rings. The topological polar surface area (TPSA) is 127 Å². The zero-order valence-electron chi connectivity index (χ0n) is 23.5. The Morgan fingerprint density at radius 2 is 1.73 bits per heavy atom. The molecule has 44 heavy (non-hydrogen) atoms. The first kappa shape index (κ1) is 29.5. The third-order valence-electron chi connectivity index (χ3n) is 7.27. The van der Waals surface area contributed by atoms with Crippen LogP contribution in [0.4, 0.5) is 15.8 Å². The van der Waals surface area contributed by atoms with E-state index in [1.807, 2.05) is 0 Å². The number of carbonyl (C=O) groups is 3. The smallest absolute Gasteiger partial charge is 0.305 e. The normalized spacial score (nSPS) is 18.9. The number of benzene rings is 3. The molecule has 3 aromatic carbocycles. The summed E-state index contributed by atoms with van der Waals surface area (Å²) < 4.78 is 30.0. The first-order chi connectivity index (χ1) is 21.3. The van der Waals surface area contributed by atoms with Crippen LogP contribution >= 0.6 is 23.1 Å². The Morgan fingerprint density at radius 3 is 2.43 bits per heavy atom. The van der Waals surface area contributed by atoms with Crippen LogP contribution in [0.2, 0.25) is 0 Å². The number of carbonyl (C=O) groups excluding carboxylic acids is 3. The number of rotatable bonds is 9. The number of ether oxygens (including phenoxy) is 3. The number of nitrogens with zero attached hydrogens (tertiary/aromatic N) is 1. The highest BCUT2D eigenvalue weighted by atomic mass is 32.2. The lowest BCUT2D eigenvalue weighted by molar-refractivity contribution is -0.122. The summed E-state index contributed by atoms with van der Waals surface area (Å²) in [4.78, 5) is 57.0. The number of imide groups is 1. The highest BCUT2D eigenvalue weighted by Crippen LogP contribution is 2.53. The van der Waals surface area contributed by atoms with Crippen LogP contribution in [0, 0.1) is 11.7 Å². The van der Waals surface area contributed by atoms with E-state index < -0.39 is 28.8 Å². The summed E-state index contributed by atoms with van der Waals surface area (Å²) in [6.45, 7) is 1.75. The molecule has 3 amide bonds. The molecule has 1 fully saturated rings. The van der Waals surface area contributed by atoms with Crippen molar-refractivity contribution in [3.8, 4) is 17.2 Å². The molecule has 3 atom stereocenters. The van der Waals surface area contributed by atoms with Crippen molar-refractivity contribution in [2.24, 2.45) is 5.92 Å². The van der Waals surface area contributed by atoms with Crippen LogP contribution in [0.3, 0.4) is 0 Å². The van der Waals surface area contributed by atoms with Gasteiger partial charge in [-0.05, 0) is 73.2 Å². The van der Waals surface area contributed by atoms with Crippen LogP contribution < -0.4 is 29.3 Å². The second-order valence-electron chi connectivity index (χ2n) is 9.94. The maximum atomic E-state index is 14.0. The van der Waals surface area contributed by atoms with Crippen molar-refractivity contribution in [3.63, 3.8) is 0 Å². The minimum Gasteiger partial charge on any atom is -0.497 e. The summed E-state index contributed by atoms with van der Waals surface area (Å²) >= 11 is 2.20. The van der Waals surface area contributed by atoms with Gasteiger partial charge in [-0.2, -0.15) is 0 Å². The molecule has 2 aliphatic rings. The van der Waals surface area contributed by atoms with Crippen molar-refractivity contribution >= 4 is 52.2 Å². The lowest BCUT2D eigenvalue weighted by Gasteiger charge is -2.30. The first-order valence-electron chi connectivity index (χ1n) is 13.6. The average Bonchev–Trinajstić information content (AvgIpc) is 3.51. The van der Waals surface area contributed by atoms with Gasteiger partial charge in [0.05, 0.1) is 30.3 Å². The summed E-state index contributed by atoms with van der Waals surface area (Å²) in [5.74, 6) is -1.78. The second-order valence-corrected chi connectivity index (χ2v) is 12.1. The Morgan fingerprint density at radius 1 is 0.977 bits per heavy atom. The number of thioether (sulfide) groups is 1. The van der Waals surface area contributed by atoms with E-state index in [1.165, 1.54) is 48.0 Å². The van der Waals surface area contributed by atoms with Gasteiger partial charge in [0.2, 0.25) is 11.8 Å². The molecule has 2 aliphatic heterocycles. The lowest BCUT2D eigenvalue weighted by atomic mass is 9.83. The van der Waals surface area contributed by atoms with Crippen LogP contribution in [0.15, 0.2) is 76.6 Å². The number of aromatic amines is 1. The Bertz CT molecular complexity index is 1790. The zero-order valence-corrected chi connectivity index (χ0v) is 25.1. The first-order valence-corrected chi connectivity index (χ1v) is 15.3. The molecular formula is C31H26FN3O7S2. The molecule has 0 radical (unpaired) electrons. The quantitative estimate of drug-likeness (QED) is 0.251. The van der Waals surface area contributed by atoms with Crippen molar-refractivity contribution in [2.75, 3.05) is 30.5 Å². The van der Waals surface area contributed by atoms with Gasteiger partial charge in [-0.1, -0.05) is 29.2 Å². The summed E-state index contributed by atoms with van der Waals surface area (Å²) in [7, 11) is 1.53. The fraction of sp³-hybridized carbons (Fsp3) is 0.226. The molecular weight excluding hydrogens is 609 g/mol. The summed E-state index contributed by atoms with van der Waals surface area (Å²) in [6, 6.07) is 17.2. The van der Waals surface area contributed by atoms with E-state index in [4.69, 9.17) is 14.2 Å². The highest BCUT2D eigenvalue weighted by Gasteiger charge is 2.56. The van der Waals surface area contributed by atoms with Crippen LogP contribution in [0.5, 0.6) is 17.2 Å². The number of H-pyrrole nitrogens is 1. The van der Waals surface area contributed by atoms with E-state index in [1.54, 1.807) is 49.4 Å². The number of amides is 3. The van der Waals surface area contributed by atoms with Crippen LogP contribution in [-0.4, -0.2) is 48.3 Å². The van der Waals surface area contributed by atoms with E-state index in [2.05, 4.69) is 10.3 Å². The maximum Gasteiger partial charge on any atom is 0.305 e. The molecule has 3 unspecified atom stereocenters. The van der Waals surface area contributed by atoms with E-state index >= 15 is 0 Å². The molecule has 0 spiro atoms. The van der Waals surface area contributed by atoms with Gasteiger partial charge in [0.25, 0.3) is 5.91 Å². The van der Waals surface area contributed by atoms with Gasteiger partial charge in [0.1, 0.15) is 16.8 Å². The predicted octanol–water partition coefficient (Wildman–Crippen LogP) is 4.80. The van der Waals surface area contributed by atoms with E-state index in [9.17, 15) is 23.6 Å².